The third-order valence-corrected chi connectivity index (χ3v) is 5.76. The molecule has 142 valence electrons. The molecule has 0 aliphatic carbocycles. The van der Waals surface area contributed by atoms with Crippen LogP contribution in [0.5, 0.6) is 5.75 Å². The molecule has 0 saturated heterocycles. The number of ether oxygens (including phenoxy) is 2. The summed E-state index contributed by atoms with van der Waals surface area (Å²) in [5, 5.41) is 0. The van der Waals surface area contributed by atoms with Gasteiger partial charge in [0.2, 0.25) is 5.91 Å². The number of esters is 1. The molecular weight excluding hydrogens is 478 g/mol. The summed E-state index contributed by atoms with van der Waals surface area (Å²) in [6.45, 7) is 3.91. The number of halogens is 2. The van der Waals surface area contributed by atoms with E-state index in [0.29, 0.717) is 22.3 Å². The summed E-state index contributed by atoms with van der Waals surface area (Å²) in [5.41, 5.74) is 0.853. The van der Waals surface area contributed by atoms with Gasteiger partial charge in [-0.05, 0) is 43.7 Å². The number of hydrogen-bond acceptors (Lipinski definition) is 4. The Hall–Kier alpha value is -1.86. The third kappa shape index (κ3) is 3.38. The predicted molar refractivity (Wildman–Crippen MR) is 110 cm³/mol. The molecular formula is C20H19Br2NO4. The van der Waals surface area contributed by atoms with Gasteiger partial charge in [-0.3, -0.25) is 9.59 Å². The maximum Gasteiger partial charge on any atom is 0.326 e. The lowest BCUT2D eigenvalue weighted by molar-refractivity contribution is -0.152. The van der Waals surface area contributed by atoms with Crippen LogP contribution in [0, 0.1) is 0 Å². The molecule has 1 heterocycles. The quantitative estimate of drug-likeness (QED) is 0.448. The van der Waals surface area contributed by atoms with Gasteiger partial charge in [-0.1, -0.05) is 44.0 Å². The van der Waals surface area contributed by atoms with E-state index in [2.05, 4.69) is 31.9 Å². The van der Waals surface area contributed by atoms with Crippen molar-refractivity contribution in [1.82, 2.24) is 0 Å². The van der Waals surface area contributed by atoms with Crippen LogP contribution in [0.3, 0.4) is 0 Å². The third-order valence-electron chi connectivity index (χ3n) is 4.68. The number of hydrogen-bond donors (Lipinski definition) is 0. The van der Waals surface area contributed by atoms with Crippen LogP contribution in [0.15, 0.2) is 45.3 Å². The van der Waals surface area contributed by atoms with E-state index in [-0.39, 0.29) is 12.5 Å². The second kappa shape index (κ2) is 7.64. The first-order valence-corrected chi connectivity index (χ1v) is 10.0. The van der Waals surface area contributed by atoms with Crippen molar-refractivity contribution in [3.63, 3.8) is 0 Å². The van der Waals surface area contributed by atoms with Gasteiger partial charge in [0.15, 0.2) is 5.41 Å². The number of carbonyl (C=O) groups is 2. The maximum atomic E-state index is 13.4. The Morgan fingerprint density at radius 1 is 1.19 bits per heavy atom. The van der Waals surface area contributed by atoms with Crippen molar-refractivity contribution < 1.29 is 19.1 Å². The Kier molecular flexibility index (Phi) is 5.63. The zero-order valence-electron chi connectivity index (χ0n) is 15.2. The van der Waals surface area contributed by atoms with Crippen molar-refractivity contribution >= 4 is 49.4 Å². The molecule has 1 amide bonds. The number of carbonyl (C=O) groups excluding carboxylic acids is 2. The summed E-state index contributed by atoms with van der Waals surface area (Å²) in [5.74, 6) is -0.101. The van der Waals surface area contributed by atoms with Crippen LogP contribution in [0.4, 0.5) is 5.69 Å². The molecule has 1 atom stereocenters. The number of anilines is 1. The number of amides is 1. The molecule has 0 saturated carbocycles. The minimum absolute atomic E-state index is 0.212. The molecule has 2 aromatic carbocycles. The zero-order chi connectivity index (χ0) is 19.8. The standard InChI is InChI=1S/C20H19Br2NO4/c1-4-27-19(25)20(2)17-15(22)9-13(21)10-16(17)23(18(20)24)11-12-5-7-14(26-3)8-6-12/h5-10H,4,11H2,1-3H3. The molecule has 0 radical (unpaired) electrons. The Labute approximate surface area is 174 Å². The second-order valence-electron chi connectivity index (χ2n) is 6.37. The van der Waals surface area contributed by atoms with Crippen LogP contribution in [-0.2, 0) is 26.3 Å². The van der Waals surface area contributed by atoms with Gasteiger partial charge in [-0.25, -0.2) is 0 Å². The van der Waals surface area contributed by atoms with Gasteiger partial charge < -0.3 is 14.4 Å². The zero-order valence-corrected chi connectivity index (χ0v) is 18.4. The van der Waals surface area contributed by atoms with Gasteiger partial charge in [0, 0.05) is 14.5 Å². The number of fused-ring (bicyclic) bond motifs is 1. The summed E-state index contributed by atoms with van der Waals surface area (Å²) >= 11 is 6.99. The largest absolute Gasteiger partial charge is 0.497 e. The maximum absolute atomic E-state index is 13.4. The molecule has 0 fully saturated rings. The highest BCUT2D eigenvalue weighted by Crippen LogP contribution is 2.48. The van der Waals surface area contributed by atoms with Crippen LogP contribution in [-0.4, -0.2) is 25.6 Å². The SMILES string of the molecule is CCOC(=O)C1(C)C(=O)N(Cc2ccc(OC)cc2)c2cc(Br)cc(Br)c21. The monoisotopic (exact) mass is 495 g/mol. The van der Waals surface area contributed by atoms with Crippen molar-refractivity contribution in [2.24, 2.45) is 0 Å². The average Bonchev–Trinajstić information content (AvgIpc) is 2.85. The van der Waals surface area contributed by atoms with Crippen LogP contribution in [0.2, 0.25) is 0 Å². The number of benzene rings is 2. The van der Waals surface area contributed by atoms with E-state index in [4.69, 9.17) is 9.47 Å². The predicted octanol–water partition coefficient (Wildman–Crippen LogP) is 4.59. The topological polar surface area (TPSA) is 55.8 Å². The van der Waals surface area contributed by atoms with E-state index >= 15 is 0 Å². The highest BCUT2D eigenvalue weighted by molar-refractivity contribution is 9.11. The Balaban J connectivity index is 2.08. The molecule has 0 aromatic heterocycles. The molecule has 1 aliphatic heterocycles. The summed E-state index contributed by atoms with van der Waals surface area (Å²) < 4.78 is 11.9. The first-order valence-electron chi connectivity index (χ1n) is 8.44. The Morgan fingerprint density at radius 2 is 1.85 bits per heavy atom. The smallest absolute Gasteiger partial charge is 0.326 e. The fraction of sp³-hybridized carbons (Fsp3) is 0.300. The molecule has 0 N–H and O–H groups in total. The summed E-state index contributed by atoms with van der Waals surface area (Å²) in [6, 6.07) is 11.2. The first-order chi connectivity index (χ1) is 12.8. The highest BCUT2D eigenvalue weighted by Gasteiger charge is 2.55. The van der Waals surface area contributed by atoms with Gasteiger partial charge >= 0.3 is 5.97 Å². The summed E-state index contributed by atoms with van der Waals surface area (Å²) in [7, 11) is 1.61. The van der Waals surface area contributed by atoms with Gasteiger partial charge in [-0.15, -0.1) is 0 Å². The van der Waals surface area contributed by atoms with E-state index < -0.39 is 11.4 Å². The van der Waals surface area contributed by atoms with Crippen LogP contribution in [0.25, 0.3) is 0 Å². The number of rotatable bonds is 5. The fourth-order valence-electron chi connectivity index (χ4n) is 3.29. The van der Waals surface area contributed by atoms with Crippen LogP contribution >= 0.6 is 31.9 Å². The fourth-order valence-corrected chi connectivity index (χ4v) is 4.89. The number of methoxy groups -OCH3 is 1. The van der Waals surface area contributed by atoms with Crippen LogP contribution in [0.1, 0.15) is 25.0 Å². The lowest BCUT2D eigenvalue weighted by Crippen LogP contribution is -2.44. The molecule has 1 unspecified atom stereocenters. The summed E-state index contributed by atoms with van der Waals surface area (Å²) in [4.78, 5) is 27.7. The lowest BCUT2D eigenvalue weighted by Gasteiger charge is -2.23. The lowest BCUT2D eigenvalue weighted by atomic mass is 9.84. The van der Waals surface area contributed by atoms with Crippen molar-refractivity contribution in [3.05, 3.63) is 56.5 Å². The van der Waals surface area contributed by atoms with Gasteiger partial charge in [0.25, 0.3) is 0 Å². The van der Waals surface area contributed by atoms with E-state index in [1.807, 2.05) is 36.4 Å². The van der Waals surface area contributed by atoms with Crippen LogP contribution < -0.4 is 9.64 Å². The Morgan fingerprint density at radius 3 is 2.44 bits per heavy atom. The van der Waals surface area contributed by atoms with Crippen molar-refractivity contribution in [2.45, 2.75) is 25.8 Å². The highest BCUT2D eigenvalue weighted by atomic mass is 79.9. The number of nitrogens with zero attached hydrogens (tertiary/aromatic N) is 1. The van der Waals surface area contributed by atoms with E-state index in [1.54, 1.807) is 25.9 Å². The average molecular weight is 497 g/mol. The summed E-state index contributed by atoms with van der Waals surface area (Å²) in [6.07, 6.45) is 0. The normalized spacial score (nSPS) is 18.4. The molecule has 2 aromatic rings. The molecule has 27 heavy (non-hydrogen) atoms. The molecule has 3 rings (SSSR count). The van der Waals surface area contributed by atoms with Crippen molar-refractivity contribution in [1.29, 1.82) is 0 Å². The molecule has 0 bridgehead atoms. The van der Waals surface area contributed by atoms with E-state index in [9.17, 15) is 9.59 Å². The Bertz CT molecular complexity index is 898. The minimum atomic E-state index is -1.39. The van der Waals surface area contributed by atoms with E-state index in [0.717, 1.165) is 15.8 Å². The van der Waals surface area contributed by atoms with E-state index in [1.165, 1.54) is 0 Å². The van der Waals surface area contributed by atoms with Gasteiger partial charge in [0.05, 0.1) is 25.9 Å². The molecule has 5 nitrogen and oxygen atoms in total. The first kappa shape index (κ1) is 19.9. The van der Waals surface area contributed by atoms with Crippen molar-refractivity contribution in [3.8, 4) is 5.75 Å². The molecule has 1 aliphatic rings. The van der Waals surface area contributed by atoms with Gasteiger partial charge in [0.1, 0.15) is 5.75 Å². The molecule has 7 heteroatoms. The van der Waals surface area contributed by atoms with Crippen molar-refractivity contribution in [2.75, 3.05) is 18.6 Å². The molecule has 0 spiro atoms. The second-order valence-corrected chi connectivity index (χ2v) is 8.14. The minimum Gasteiger partial charge on any atom is -0.497 e. The van der Waals surface area contributed by atoms with Gasteiger partial charge in [-0.2, -0.15) is 0 Å².